The van der Waals surface area contributed by atoms with Crippen molar-refractivity contribution in [2.24, 2.45) is 5.92 Å². The molecule has 2 heterocycles. The number of fused-ring (bicyclic) bond motifs is 1. The molecule has 1 amide bonds. The third-order valence-corrected chi connectivity index (χ3v) is 5.77. The summed E-state index contributed by atoms with van der Waals surface area (Å²) in [5.74, 6) is 2.52. The van der Waals surface area contributed by atoms with Gasteiger partial charge in [0.1, 0.15) is 5.82 Å². The molecule has 4 rings (SSSR count). The molecule has 1 aromatic carbocycles. The van der Waals surface area contributed by atoms with Gasteiger partial charge in [0.25, 0.3) is 0 Å². The Hall–Kier alpha value is -1.82. The monoisotopic (exact) mass is 345 g/mol. The lowest BCUT2D eigenvalue weighted by Gasteiger charge is -2.16. The lowest BCUT2D eigenvalue weighted by Crippen LogP contribution is -2.28. The van der Waals surface area contributed by atoms with E-state index in [4.69, 9.17) is 0 Å². The highest BCUT2D eigenvalue weighted by Gasteiger charge is 2.28. The largest absolute Gasteiger partial charge is 0.332 e. The molecule has 0 N–H and O–H groups in total. The van der Waals surface area contributed by atoms with Crippen molar-refractivity contribution in [1.82, 2.24) is 14.7 Å². The lowest BCUT2D eigenvalue weighted by atomic mass is 10.2. The van der Waals surface area contributed by atoms with Crippen molar-refractivity contribution in [3.05, 3.63) is 53.1 Å². The summed E-state index contributed by atoms with van der Waals surface area (Å²) in [5, 5.41) is 4.42. The lowest BCUT2D eigenvalue weighted by molar-refractivity contribution is -0.129. The smallest absolute Gasteiger partial charge is 0.233 e. The zero-order valence-corrected chi connectivity index (χ0v) is 14.3. The molecule has 6 heteroatoms. The van der Waals surface area contributed by atoms with Gasteiger partial charge < -0.3 is 4.90 Å². The van der Waals surface area contributed by atoms with Crippen molar-refractivity contribution >= 4 is 17.7 Å². The minimum atomic E-state index is -0.232. The Kier molecular flexibility index (Phi) is 4.31. The van der Waals surface area contributed by atoms with Crippen molar-refractivity contribution in [3.63, 3.8) is 0 Å². The van der Waals surface area contributed by atoms with E-state index in [0.29, 0.717) is 25.4 Å². The Labute approximate surface area is 145 Å². The predicted octanol–water partition coefficient (Wildman–Crippen LogP) is 3.06. The summed E-state index contributed by atoms with van der Waals surface area (Å²) in [6.45, 7) is 1.88. The first-order valence-corrected chi connectivity index (χ1v) is 9.48. The molecule has 0 radical (unpaired) electrons. The second kappa shape index (κ2) is 6.59. The summed E-state index contributed by atoms with van der Waals surface area (Å²) < 4.78 is 14.9. The number of aromatic nitrogens is 2. The van der Waals surface area contributed by atoms with Gasteiger partial charge in [-0.05, 0) is 42.2 Å². The van der Waals surface area contributed by atoms with E-state index >= 15 is 0 Å². The fourth-order valence-corrected chi connectivity index (χ4v) is 4.11. The minimum absolute atomic E-state index is 0.213. The normalized spacial score (nSPS) is 16.5. The molecule has 4 nitrogen and oxygen atoms in total. The SMILES string of the molecule is O=C(CSCC1CC1)N1Cc2cnn(Cc3ccc(F)cc3)c2C1. The second-order valence-corrected chi connectivity index (χ2v) is 7.64. The van der Waals surface area contributed by atoms with Gasteiger partial charge in [0.15, 0.2) is 0 Å². The summed E-state index contributed by atoms with van der Waals surface area (Å²) in [5.41, 5.74) is 3.23. The Morgan fingerprint density at radius 1 is 1.25 bits per heavy atom. The Morgan fingerprint density at radius 3 is 2.79 bits per heavy atom. The molecule has 0 unspecified atom stereocenters. The fourth-order valence-electron chi connectivity index (χ4n) is 2.97. The molecule has 0 atom stereocenters. The topological polar surface area (TPSA) is 38.1 Å². The van der Waals surface area contributed by atoms with E-state index in [0.717, 1.165) is 28.5 Å². The van der Waals surface area contributed by atoms with Crippen LogP contribution in [0, 0.1) is 11.7 Å². The van der Waals surface area contributed by atoms with Crippen molar-refractivity contribution in [1.29, 1.82) is 0 Å². The maximum absolute atomic E-state index is 13.0. The zero-order valence-electron chi connectivity index (χ0n) is 13.4. The molecule has 1 aromatic heterocycles. The van der Waals surface area contributed by atoms with Crippen LogP contribution in [0.15, 0.2) is 30.5 Å². The number of carbonyl (C=O) groups is 1. The summed E-state index contributed by atoms with van der Waals surface area (Å²) in [6.07, 6.45) is 4.51. The molecule has 0 saturated heterocycles. The molecule has 1 saturated carbocycles. The van der Waals surface area contributed by atoms with E-state index in [-0.39, 0.29) is 11.7 Å². The van der Waals surface area contributed by atoms with Crippen molar-refractivity contribution < 1.29 is 9.18 Å². The van der Waals surface area contributed by atoms with E-state index in [1.165, 1.54) is 25.0 Å². The molecule has 0 bridgehead atoms. The van der Waals surface area contributed by atoms with Crippen LogP contribution >= 0.6 is 11.8 Å². The standard InChI is InChI=1S/C18H20FN3OS/c19-16-5-3-13(4-6-16)8-22-17-10-21(9-15(17)7-20-22)18(23)12-24-11-14-1-2-14/h3-7,14H,1-2,8-12H2. The van der Waals surface area contributed by atoms with Crippen LogP contribution in [0.2, 0.25) is 0 Å². The van der Waals surface area contributed by atoms with Crippen LogP contribution < -0.4 is 0 Å². The van der Waals surface area contributed by atoms with E-state index in [1.54, 1.807) is 23.9 Å². The molecule has 2 aromatic rings. The fraction of sp³-hybridized carbons (Fsp3) is 0.444. The van der Waals surface area contributed by atoms with Crippen LogP contribution in [-0.4, -0.2) is 32.1 Å². The summed E-state index contributed by atoms with van der Waals surface area (Å²) in [4.78, 5) is 14.3. The number of thioether (sulfide) groups is 1. The van der Waals surface area contributed by atoms with Crippen LogP contribution in [0.5, 0.6) is 0 Å². The van der Waals surface area contributed by atoms with E-state index < -0.39 is 0 Å². The maximum Gasteiger partial charge on any atom is 0.233 e. The molecule has 2 aliphatic rings. The molecule has 1 aliphatic carbocycles. The van der Waals surface area contributed by atoms with Crippen LogP contribution in [0.4, 0.5) is 4.39 Å². The van der Waals surface area contributed by atoms with Crippen LogP contribution in [0.3, 0.4) is 0 Å². The van der Waals surface area contributed by atoms with Gasteiger partial charge >= 0.3 is 0 Å². The average Bonchev–Trinajstić information content (AvgIpc) is 3.18. The maximum atomic E-state index is 13.0. The number of rotatable bonds is 6. The third-order valence-electron chi connectivity index (χ3n) is 4.61. The molecule has 126 valence electrons. The first-order valence-electron chi connectivity index (χ1n) is 8.32. The number of halogens is 1. The Morgan fingerprint density at radius 2 is 2.04 bits per heavy atom. The van der Waals surface area contributed by atoms with Crippen molar-refractivity contribution in [2.45, 2.75) is 32.5 Å². The van der Waals surface area contributed by atoms with E-state index in [2.05, 4.69) is 5.10 Å². The van der Waals surface area contributed by atoms with Gasteiger partial charge in [0, 0.05) is 12.1 Å². The van der Waals surface area contributed by atoms with Crippen LogP contribution in [0.1, 0.15) is 29.7 Å². The predicted molar refractivity (Wildman–Crippen MR) is 92.0 cm³/mol. The third kappa shape index (κ3) is 3.48. The second-order valence-electron chi connectivity index (χ2n) is 6.61. The highest BCUT2D eigenvalue weighted by Crippen LogP contribution is 2.32. The highest BCUT2D eigenvalue weighted by molar-refractivity contribution is 7.99. The summed E-state index contributed by atoms with van der Waals surface area (Å²) >= 11 is 1.76. The number of benzene rings is 1. The number of carbonyl (C=O) groups excluding carboxylic acids is 1. The molecule has 24 heavy (non-hydrogen) atoms. The zero-order chi connectivity index (χ0) is 16.5. The first kappa shape index (κ1) is 15.7. The number of hydrogen-bond acceptors (Lipinski definition) is 3. The first-order chi connectivity index (χ1) is 11.7. The van der Waals surface area contributed by atoms with Gasteiger partial charge in [0.2, 0.25) is 5.91 Å². The van der Waals surface area contributed by atoms with Crippen LogP contribution in [0.25, 0.3) is 0 Å². The quantitative estimate of drug-likeness (QED) is 0.808. The van der Waals surface area contributed by atoms with Gasteiger partial charge in [0.05, 0.1) is 30.7 Å². The molecular weight excluding hydrogens is 325 g/mol. The Balaban J connectivity index is 1.36. The van der Waals surface area contributed by atoms with Gasteiger partial charge in [-0.15, -0.1) is 0 Å². The van der Waals surface area contributed by atoms with E-state index in [9.17, 15) is 9.18 Å². The summed E-state index contributed by atoms with van der Waals surface area (Å²) in [7, 11) is 0. The van der Waals surface area contributed by atoms with E-state index in [1.807, 2.05) is 15.8 Å². The van der Waals surface area contributed by atoms with Gasteiger partial charge in [-0.2, -0.15) is 16.9 Å². The average molecular weight is 345 g/mol. The molecule has 1 fully saturated rings. The van der Waals surface area contributed by atoms with Gasteiger partial charge in [-0.25, -0.2) is 4.39 Å². The minimum Gasteiger partial charge on any atom is -0.332 e. The number of nitrogens with zero attached hydrogens (tertiary/aromatic N) is 3. The number of amides is 1. The molecule has 1 aliphatic heterocycles. The van der Waals surface area contributed by atoms with Gasteiger partial charge in [-0.1, -0.05) is 12.1 Å². The summed E-state index contributed by atoms with van der Waals surface area (Å²) in [6, 6.07) is 6.48. The highest BCUT2D eigenvalue weighted by atomic mass is 32.2. The Bertz CT molecular complexity index is 739. The molecular formula is C18H20FN3OS. The molecule has 0 spiro atoms. The van der Waals surface area contributed by atoms with Crippen molar-refractivity contribution in [3.8, 4) is 0 Å². The van der Waals surface area contributed by atoms with Crippen LogP contribution in [-0.2, 0) is 24.4 Å². The van der Waals surface area contributed by atoms with Gasteiger partial charge in [-0.3, -0.25) is 9.48 Å². The van der Waals surface area contributed by atoms with Crippen molar-refractivity contribution in [2.75, 3.05) is 11.5 Å². The number of hydrogen-bond donors (Lipinski definition) is 0.